The largest absolute Gasteiger partial charge is 0.335 e. The monoisotopic (exact) mass is 222 g/mol. The Labute approximate surface area is 100 Å². The molecule has 0 aliphatic carbocycles. The maximum atomic E-state index is 4.45. The Bertz CT molecular complexity index is 265. The van der Waals surface area contributed by atoms with Crippen molar-refractivity contribution in [1.82, 2.24) is 9.55 Å². The molecule has 1 aromatic heterocycles. The zero-order chi connectivity index (χ0) is 11.6. The van der Waals surface area contributed by atoms with Gasteiger partial charge in [0.1, 0.15) is 5.82 Å². The molecule has 0 aliphatic heterocycles. The molecular formula is C14H26N2. The van der Waals surface area contributed by atoms with Crippen molar-refractivity contribution in [2.45, 2.75) is 71.8 Å². The zero-order valence-corrected chi connectivity index (χ0v) is 10.9. The van der Waals surface area contributed by atoms with Gasteiger partial charge < -0.3 is 4.57 Å². The van der Waals surface area contributed by atoms with Crippen LogP contribution in [0.15, 0.2) is 12.4 Å². The van der Waals surface area contributed by atoms with Crippen LogP contribution in [-0.4, -0.2) is 9.55 Å². The number of unbranched alkanes of at least 4 members (excludes halogenated alkanes) is 5. The first-order valence-corrected chi connectivity index (χ1v) is 6.88. The molecule has 0 saturated carbocycles. The Kier molecular flexibility index (Phi) is 6.95. The number of aromatic nitrogens is 2. The smallest absolute Gasteiger partial charge is 0.108 e. The summed E-state index contributed by atoms with van der Waals surface area (Å²) in [6, 6.07) is 0. The lowest BCUT2D eigenvalue weighted by Gasteiger charge is -2.07. The van der Waals surface area contributed by atoms with Crippen LogP contribution in [0.5, 0.6) is 0 Å². The van der Waals surface area contributed by atoms with Gasteiger partial charge in [-0.25, -0.2) is 4.98 Å². The Morgan fingerprint density at radius 1 is 1.00 bits per heavy atom. The second-order valence-corrected chi connectivity index (χ2v) is 4.55. The molecular weight excluding hydrogens is 196 g/mol. The van der Waals surface area contributed by atoms with E-state index in [-0.39, 0.29) is 0 Å². The van der Waals surface area contributed by atoms with E-state index in [1.807, 2.05) is 6.20 Å². The van der Waals surface area contributed by atoms with E-state index in [1.54, 1.807) is 0 Å². The van der Waals surface area contributed by atoms with Gasteiger partial charge in [-0.05, 0) is 12.8 Å². The van der Waals surface area contributed by atoms with Crippen molar-refractivity contribution in [3.05, 3.63) is 18.2 Å². The van der Waals surface area contributed by atoms with Crippen molar-refractivity contribution >= 4 is 0 Å². The molecule has 2 nitrogen and oxygen atoms in total. The third kappa shape index (κ3) is 4.82. The number of nitrogens with zero attached hydrogens (tertiary/aromatic N) is 2. The Morgan fingerprint density at radius 3 is 2.50 bits per heavy atom. The molecule has 0 N–H and O–H groups in total. The highest BCUT2D eigenvalue weighted by Gasteiger charge is 2.01. The lowest BCUT2D eigenvalue weighted by atomic mass is 10.2. The van der Waals surface area contributed by atoms with Gasteiger partial charge in [0.2, 0.25) is 0 Å². The van der Waals surface area contributed by atoms with Crippen LogP contribution >= 0.6 is 0 Å². The molecule has 16 heavy (non-hydrogen) atoms. The molecule has 92 valence electrons. The summed E-state index contributed by atoms with van der Waals surface area (Å²) < 4.78 is 2.34. The fourth-order valence-corrected chi connectivity index (χ4v) is 2.01. The summed E-state index contributed by atoms with van der Waals surface area (Å²) in [4.78, 5) is 4.45. The Balaban J connectivity index is 2.26. The van der Waals surface area contributed by atoms with Crippen LogP contribution in [-0.2, 0) is 13.0 Å². The lowest BCUT2D eigenvalue weighted by Crippen LogP contribution is -2.03. The number of rotatable bonds is 9. The minimum atomic E-state index is 1.15. The molecule has 1 heterocycles. The van der Waals surface area contributed by atoms with Crippen LogP contribution in [0.2, 0.25) is 0 Å². The molecule has 0 spiro atoms. The fraction of sp³-hybridized carbons (Fsp3) is 0.786. The van der Waals surface area contributed by atoms with E-state index in [4.69, 9.17) is 0 Å². The summed E-state index contributed by atoms with van der Waals surface area (Å²) >= 11 is 0. The van der Waals surface area contributed by atoms with E-state index < -0.39 is 0 Å². The minimum Gasteiger partial charge on any atom is -0.335 e. The first-order chi connectivity index (χ1) is 7.88. The van der Waals surface area contributed by atoms with E-state index in [0.29, 0.717) is 0 Å². The van der Waals surface area contributed by atoms with Gasteiger partial charge in [0.25, 0.3) is 0 Å². The van der Waals surface area contributed by atoms with Crippen molar-refractivity contribution in [3.8, 4) is 0 Å². The van der Waals surface area contributed by atoms with E-state index in [2.05, 4.69) is 29.6 Å². The number of hydrogen-bond donors (Lipinski definition) is 0. The molecule has 0 amide bonds. The first kappa shape index (κ1) is 13.3. The number of hydrogen-bond acceptors (Lipinski definition) is 1. The highest BCUT2D eigenvalue weighted by molar-refractivity contribution is 4.92. The van der Waals surface area contributed by atoms with Gasteiger partial charge in [0, 0.05) is 25.4 Å². The molecule has 0 fully saturated rings. The van der Waals surface area contributed by atoms with Crippen LogP contribution in [0.1, 0.15) is 64.6 Å². The topological polar surface area (TPSA) is 17.8 Å². The third-order valence-corrected chi connectivity index (χ3v) is 3.06. The lowest BCUT2D eigenvalue weighted by molar-refractivity contribution is 0.556. The van der Waals surface area contributed by atoms with Gasteiger partial charge in [0.15, 0.2) is 0 Å². The average Bonchev–Trinajstić information content (AvgIpc) is 2.73. The highest BCUT2D eigenvalue weighted by Crippen LogP contribution is 2.08. The predicted molar refractivity (Wildman–Crippen MR) is 69.6 cm³/mol. The average molecular weight is 222 g/mol. The van der Waals surface area contributed by atoms with Gasteiger partial charge in [-0.3, -0.25) is 0 Å². The summed E-state index contributed by atoms with van der Waals surface area (Å²) in [6.07, 6.45) is 14.4. The molecule has 2 heteroatoms. The summed E-state index contributed by atoms with van der Waals surface area (Å²) in [6.45, 7) is 5.66. The van der Waals surface area contributed by atoms with Crippen LogP contribution in [0.4, 0.5) is 0 Å². The standard InChI is InChI=1S/C14H26N2/c1-3-5-7-9-12-16-13-11-15-14(16)10-8-6-4-2/h11,13H,3-10,12H2,1-2H3. The maximum absolute atomic E-state index is 4.45. The fourth-order valence-electron chi connectivity index (χ4n) is 2.01. The molecule has 1 aromatic rings. The molecule has 0 radical (unpaired) electrons. The van der Waals surface area contributed by atoms with Crippen molar-refractivity contribution in [2.24, 2.45) is 0 Å². The Hall–Kier alpha value is -0.790. The SMILES string of the molecule is CCCCCCn1ccnc1CCCCC. The van der Waals surface area contributed by atoms with E-state index in [9.17, 15) is 0 Å². The van der Waals surface area contributed by atoms with Gasteiger partial charge in [-0.15, -0.1) is 0 Å². The molecule has 0 atom stereocenters. The van der Waals surface area contributed by atoms with Crippen LogP contribution in [0.25, 0.3) is 0 Å². The highest BCUT2D eigenvalue weighted by atomic mass is 15.1. The van der Waals surface area contributed by atoms with Gasteiger partial charge in [-0.1, -0.05) is 46.0 Å². The Morgan fingerprint density at radius 2 is 1.75 bits per heavy atom. The van der Waals surface area contributed by atoms with Gasteiger partial charge in [-0.2, -0.15) is 0 Å². The van der Waals surface area contributed by atoms with Crippen LogP contribution in [0, 0.1) is 0 Å². The molecule has 0 saturated heterocycles. The van der Waals surface area contributed by atoms with E-state index in [0.717, 1.165) is 13.0 Å². The molecule has 0 unspecified atom stereocenters. The van der Waals surface area contributed by atoms with Gasteiger partial charge >= 0.3 is 0 Å². The molecule has 0 aromatic carbocycles. The summed E-state index contributed by atoms with van der Waals surface area (Å²) in [5, 5.41) is 0. The molecule has 0 bridgehead atoms. The van der Waals surface area contributed by atoms with Crippen molar-refractivity contribution in [1.29, 1.82) is 0 Å². The zero-order valence-electron chi connectivity index (χ0n) is 10.9. The predicted octanol–water partition coefficient (Wildman–Crippen LogP) is 4.20. The summed E-state index contributed by atoms with van der Waals surface area (Å²) in [5.74, 6) is 1.28. The normalized spacial score (nSPS) is 10.9. The quantitative estimate of drug-likeness (QED) is 0.573. The molecule has 0 aliphatic rings. The van der Waals surface area contributed by atoms with Gasteiger partial charge in [0.05, 0.1) is 0 Å². The minimum absolute atomic E-state index is 1.15. The number of imidazole rings is 1. The van der Waals surface area contributed by atoms with Crippen LogP contribution < -0.4 is 0 Å². The number of aryl methyl sites for hydroxylation is 2. The van der Waals surface area contributed by atoms with Crippen molar-refractivity contribution in [2.75, 3.05) is 0 Å². The molecule has 1 rings (SSSR count). The summed E-state index contributed by atoms with van der Waals surface area (Å²) in [5.41, 5.74) is 0. The van der Waals surface area contributed by atoms with Crippen LogP contribution in [0.3, 0.4) is 0 Å². The second-order valence-electron chi connectivity index (χ2n) is 4.55. The van der Waals surface area contributed by atoms with E-state index in [1.165, 1.54) is 50.8 Å². The van der Waals surface area contributed by atoms with E-state index >= 15 is 0 Å². The summed E-state index contributed by atoms with van der Waals surface area (Å²) in [7, 11) is 0. The first-order valence-electron chi connectivity index (χ1n) is 6.88. The second kappa shape index (κ2) is 8.37. The maximum Gasteiger partial charge on any atom is 0.108 e. The van der Waals surface area contributed by atoms with Crippen molar-refractivity contribution in [3.63, 3.8) is 0 Å². The third-order valence-electron chi connectivity index (χ3n) is 3.06. The van der Waals surface area contributed by atoms with Crippen molar-refractivity contribution < 1.29 is 0 Å².